The van der Waals surface area contributed by atoms with E-state index in [1.165, 1.54) is 5.56 Å². The predicted octanol–water partition coefficient (Wildman–Crippen LogP) is 3.13. The van der Waals surface area contributed by atoms with Crippen molar-refractivity contribution >= 4 is 28.1 Å². The van der Waals surface area contributed by atoms with E-state index in [-0.39, 0.29) is 5.91 Å². The number of hydrogen-bond acceptors (Lipinski definition) is 6. The lowest BCUT2D eigenvalue weighted by atomic mass is 10.1. The summed E-state index contributed by atoms with van der Waals surface area (Å²) in [7, 11) is 1.59. The molecule has 1 fully saturated rings. The zero-order valence-corrected chi connectivity index (χ0v) is 18.8. The summed E-state index contributed by atoms with van der Waals surface area (Å²) in [6.45, 7) is 5.61. The Labute approximate surface area is 185 Å². The number of amides is 1. The first kappa shape index (κ1) is 22.3. The normalized spacial score (nSPS) is 14.6. The lowest BCUT2D eigenvalue weighted by Gasteiger charge is -2.25. The number of morpholine rings is 1. The first-order chi connectivity index (χ1) is 14.5. The minimum Gasteiger partial charge on any atom is -0.493 e. The van der Waals surface area contributed by atoms with E-state index in [1.54, 1.807) is 13.3 Å². The highest BCUT2D eigenvalue weighted by Crippen LogP contribution is 2.36. The molecule has 0 aliphatic carbocycles. The fraction of sp³-hybridized carbons (Fsp3) is 0.364. The molecular weight excluding hydrogens is 450 g/mol. The highest BCUT2D eigenvalue weighted by atomic mass is 79.9. The largest absolute Gasteiger partial charge is 0.493 e. The summed E-state index contributed by atoms with van der Waals surface area (Å²) in [5.74, 6) is 1.04. The molecule has 2 aromatic rings. The number of carbonyl (C=O) groups excluding carboxylic acids is 1. The monoisotopic (exact) mass is 475 g/mol. The summed E-state index contributed by atoms with van der Waals surface area (Å²) in [5, 5.41) is 4.06. The summed E-state index contributed by atoms with van der Waals surface area (Å²) in [4.78, 5) is 14.1. The summed E-state index contributed by atoms with van der Waals surface area (Å²) >= 11 is 3.54. The summed E-state index contributed by atoms with van der Waals surface area (Å²) in [6.07, 6.45) is 1.58. The van der Waals surface area contributed by atoms with E-state index >= 15 is 0 Å². The van der Waals surface area contributed by atoms with Gasteiger partial charge in [0.2, 0.25) is 0 Å². The number of ether oxygens (including phenoxy) is 3. The quantitative estimate of drug-likeness (QED) is 0.468. The van der Waals surface area contributed by atoms with Gasteiger partial charge in [-0.3, -0.25) is 9.69 Å². The van der Waals surface area contributed by atoms with Crippen LogP contribution in [0.2, 0.25) is 0 Å². The number of methoxy groups -OCH3 is 1. The molecule has 160 valence electrons. The van der Waals surface area contributed by atoms with Crippen LogP contribution in [-0.4, -0.2) is 57.0 Å². The Bertz CT molecular complexity index is 898. The van der Waals surface area contributed by atoms with Crippen LogP contribution in [0.1, 0.15) is 16.7 Å². The molecule has 0 atom stereocenters. The molecule has 1 heterocycles. The highest BCUT2D eigenvalue weighted by molar-refractivity contribution is 9.10. The highest BCUT2D eigenvalue weighted by Gasteiger charge is 2.14. The Balaban J connectivity index is 1.59. The number of rotatable bonds is 8. The maximum atomic E-state index is 12.0. The molecule has 0 bridgehead atoms. The SMILES string of the molecule is COc1cc(/C=N/NC(=O)CN2CCOCC2)cc(Br)c1OCc1cccc(C)c1. The molecule has 0 radical (unpaired) electrons. The molecule has 0 unspecified atom stereocenters. The van der Waals surface area contributed by atoms with Gasteiger partial charge in [-0.1, -0.05) is 29.8 Å². The minimum atomic E-state index is -0.155. The van der Waals surface area contributed by atoms with Crippen molar-refractivity contribution in [1.29, 1.82) is 0 Å². The van der Waals surface area contributed by atoms with Crippen LogP contribution in [0.5, 0.6) is 11.5 Å². The van der Waals surface area contributed by atoms with Crippen LogP contribution in [0.15, 0.2) is 46.0 Å². The number of hydrogen-bond donors (Lipinski definition) is 1. The topological polar surface area (TPSA) is 72.4 Å². The van der Waals surface area contributed by atoms with E-state index in [0.717, 1.165) is 28.7 Å². The van der Waals surface area contributed by atoms with Crippen LogP contribution in [0, 0.1) is 6.92 Å². The Morgan fingerprint density at radius 2 is 2.10 bits per heavy atom. The maximum Gasteiger partial charge on any atom is 0.254 e. The van der Waals surface area contributed by atoms with Crippen LogP contribution in [0.25, 0.3) is 0 Å². The minimum absolute atomic E-state index is 0.155. The molecule has 3 rings (SSSR count). The van der Waals surface area contributed by atoms with Gasteiger partial charge in [-0.2, -0.15) is 5.10 Å². The number of carbonyl (C=O) groups is 1. The van der Waals surface area contributed by atoms with Crippen LogP contribution >= 0.6 is 15.9 Å². The van der Waals surface area contributed by atoms with Crippen molar-refractivity contribution in [3.05, 3.63) is 57.6 Å². The van der Waals surface area contributed by atoms with E-state index < -0.39 is 0 Å². The fourth-order valence-corrected chi connectivity index (χ4v) is 3.66. The Morgan fingerprint density at radius 3 is 2.83 bits per heavy atom. The van der Waals surface area contributed by atoms with Crippen molar-refractivity contribution in [2.75, 3.05) is 40.0 Å². The second-order valence-electron chi connectivity index (χ2n) is 6.99. The average Bonchev–Trinajstić information content (AvgIpc) is 2.73. The van der Waals surface area contributed by atoms with Gasteiger partial charge in [-0.15, -0.1) is 0 Å². The first-order valence-corrected chi connectivity index (χ1v) is 10.5. The van der Waals surface area contributed by atoms with Crippen molar-refractivity contribution in [2.24, 2.45) is 5.10 Å². The van der Waals surface area contributed by atoms with Gasteiger partial charge in [-0.05, 0) is 46.1 Å². The fourth-order valence-electron chi connectivity index (χ4n) is 3.09. The Kier molecular flexibility index (Phi) is 8.24. The smallest absolute Gasteiger partial charge is 0.254 e. The summed E-state index contributed by atoms with van der Waals surface area (Å²) in [5.41, 5.74) is 5.60. The molecule has 0 saturated carbocycles. The van der Waals surface area contributed by atoms with Crippen LogP contribution in [-0.2, 0) is 16.1 Å². The Morgan fingerprint density at radius 1 is 1.30 bits per heavy atom. The lowest BCUT2D eigenvalue weighted by molar-refractivity contribution is -0.123. The maximum absolute atomic E-state index is 12.0. The predicted molar refractivity (Wildman–Crippen MR) is 119 cm³/mol. The first-order valence-electron chi connectivity index (χ1n) is 9.73. The Hall–Kier alpha value is -2.42. The molecule has 8 heteroatoms. The van der Waals surface area contributed by atoms with Gasteiger partial charge in [0.1, 0.15) is 6.61 Å². The van der Waals surface area contributed by atoms with Gasteiger partial charge in [0.25, 0.3) is 5.91 Å². The molecule has 1 saturated heterocycles. The molecule has 1 N–H and O–H groups in total. The third-order valence-electron chi connectivity index (χ3n) is 4.59. The van der Waals surface area contributed by atoms with Gasteiger partial charge in [0, 0.05) is 13.1 Å². The molecule has 7 nitrogen and oxygen atoms in total. The van der Waals surface area contributed by atoms with E-state index in [2.05, 4.69) is 32.5 Å². The van der Waals surface area contributed by atoms with Gasteiger partial charge in [0.05, 0.1) is 37.6 Å². The summed E-state index contributed by atoms with van der Waals surface area (Å²) < 4.78 is 17.5. The van der Waals surface area contributed by atoms with Crippen molar-refractivity contribution < 1.29 is 19.0 Å². The third kappa shape index (κ3) is 6.55. The molecular formula is C22H26BrN3O4. The van der Waals surface area contributed by atoms with Crippen molar-refractivity contribution in [2.45, 2.75) is 13.5 Å². The van der Waals surface area contributed by atoms with Crippen molar-refractivity contribution in [3.8, 4) is 11.5 Å². The number of aryl methyl sites for hydroxylation is 1. The third-order valence-corrected chi connectivity index (χ3v) is 5.18. The zero-order chi connectivity index (χ0) is 21.3. The molecule has 2 aromatic carbocycles. The van der Waals surface area contributed by atoms with Crippen LogP contribution in [0.4, 0.5) is 0 Å². The number of nitrogens with zero attached hydrogens (tertiary/aromatic N) is 2. The zero-order valence-electron chi connectivity index (χ0n) is 17.2. The van der Waals surface area contributed by atoms with E-state index in [9.17, 15) is 4.79 Å². The van der Waals surface area contributed by atoms with E-state index in [1.807, 2.05) is 42.2 Å². The lowest BCUT2D eigenvalue weighted by Crippen LogP contribution is -2.42. The summed E-state index contributed by atoms with van der Waals surface area (Å²) in [6, 6.07) is 11.8. The van der Waals surface area contributed by atoms with Crippen LogP contribution in [0.3, 0.4) is 0 Å². The molecule has 0 spiro atoms. The van der Waals surface area contributed by atoms with Crippen molar-refractivity contribution in [3.63, 3.8) is 0 Å². The second-order valence-corrected chi connectivity index (χ2v) is 7.85. The van der Waals surface area contributed by atoms with Crippen molar-refractivity contribution in [1.82, 2.24) is 10.3 Å². The number of hydrazone groups is 1. The molecule has 0 aromatic heterocycles. The number of benzene rings is 2. The standard InChI is InChI=1S/C22H26BrN3O4/c1-16-4-3-5-17(10-16)15-30-22-19(23)11-18(12-20(22)28-2)13-24-25-21(27)14-26-6-8-29-9-7-26/h3-5,10-13H,6-9,14-15H2,1-2H3,(H,25,27)/b24-13+. The van der Waals surface area contributed by atoms with Gasteiger partial charge >= 0.3 is 0 Å². The molecule has 1 aliphatic rings. The molecule has 30 heavy (non-hydrogen) atoms. The van der Waals surface area contributed by atoms with Gasteiger partial charge in [-0.25, -0.2) is 5.43 Å². The van der Waals surface area contributed by atoms with Gasteiger partial charge < -0.3 is 14.2 Å². The number of nitrogens with one attached hydrogen (secondary N) is 1. The average molecular weight is 476 g/mol. The van der Waals surface area contributed by atoms with Gasteiger partial charge in [0.15, 0.2) is 11.5 Å². The van der Waals surface area contributed by atoms with Crippen LogP contribution < -0.4 is 14.9 Å². The van der Waals surface area contributed by atoms with E-state index in [4.69, 9.17) is 14.2 Å². The second kappa shape index (κ2) is 11.1. The molecule has 1 amide bonds. The molecule has 1 aliphatic heterocycles. The van der Waals surface area contributed by atoms with E-state index in [0.29, 0.717) is 37.9 Å². The number of halogens is 1.